The van der Waals surface area contributed by atoms with Crippen molar-refractivity contribution in [3.63, 3.8) is 0 Å². The van der Waals surface area contributed by atoms with Crippen LogP contribution in [-0.2, 0) is 0 Å². The van der Waals surface area contributed by atoms with Crippen molar-refractivity contribution in [2.45, 2.75) is 0 Å². The summed E-state index contributed by atoms with van der Waals surface area (Å²) >= 11 is 17.6. The highest BCUT2D eigenvalue weighted by Gasteiger charge is 2.11. The molecule has 0 aliphatic heterocycles. The van der Waals surface area contributed by atoms with Crippen molar-refractivity contribution < 1.29 is 9.90 Å². The van der Waals surface area contributed by atoms with Crippen LogP contribution in [0.5, 0.6) is 5.75 Å². The number of anilines is 1. The number of phenolic OH excluding ortho intramolecular Hbond substituents is 1. The van der Waals surface area contributed by atoms with Crippen LogP contribution in [0.1, 0.15) is 10.4 Å². The van der Waals surface area contributed by atoms with E-state index in [1.807, 2.05) is 0 Å². The number of carbonyl (C=O) groups is 1. The Morgan fingerprint density at radius 3 is 2.16 bits per heavy atom. The van der Waals surface area contributed by atoms with Gasteiger partial charge in [0.25, 0.3) is 5.91 Å². The van der Waals surface area contributed by atoms with Crippen LogP contribution in [0.2, 0.25) is 15.1 Å². The third-order valence-electron chi connectivity index (χ3n) is 2.39. The van der Waals surface area contributed by atoms with Crippen molar-refractivity contribution in [3.05, 3.63) is 57.0 Å². The molecule has 0 spiro atoms. The smallest absolute Gasteiger partial charge is 0.255 e. The molecule has 2 rings (SSSR count). The van der Waals surface area contributed by atoms with Crippen LogP contribution < -0.4 is 5.32 Å². The van der Waals surface area contributed by atoms with Gasteiger partial charge in [0.2, 0.25) is 0 Å². The monoisotopic (exact) mass is 315 g/mol. The van der Waals surface area contributed by atoms with Gasteiger partial charge in [-0.3, -0.25) is 4.79 Å². The number of phenols is 1. The van der Waals surface area contributed by atoms with Crippen molar-refractivity contribution in [1.82, 2.24) is 0 Å². The summed E-state index contributed by atoms with van der Waals surface area (Å²) in [5.74, 6) is -0.274. The summed E-state index contributed by atoms with van der Waals surface area (Å²) < 4.78 is 0. The maximum Gasteiger partial charge on any atom is 0.255 e. The zero-order chi connectivity index (χ0) is 14.0. The lowest BCUT2D eigenvalue weighted by molar-refractivity contribution is 0.102. The van der Waals surface area contributed by atoms with Gasteiger partial charge < -0.3 is 10.4 Å². The fourth-order valence-electron chi connectivity index (χ4n) is 1.43. The summed E-state index contributed by atoms with van der Waals surface area (Å²) in [6.07, 6.45) is 0. The van der Waals surface area contributed by atoms with E-state index in [9.17, 15) is 4.79 Å². The van der Waals surface area contributed by atoms with Crippen LogP contribution in [-0.4, -0.2) is 11.0 Å². The minimum atomic E-state index is -0.361. The highest BCUT2D eigenvalue weighted by molar-refractivity contribution is 6.44. The molecule has 0 radical (unpaired) electrons. The lowest BCUT2D eigenvalue weighted by Gasteiger charge is -2.08. The van der Waals surface area contributed by atoms with Crippen molar-refractivity contribution in [2.24, 2.45) is 0 Å². The normalized spacial score (nSPS) is 10.3. The molecule has 0 saturated heterocycles. The number of nitrogens with one attached hydrogen (secondary N) is 1. The maximum atomic E-state index is 11.9. The van der Waals surface area contributed by atoms with Crippen molar-refractivity contribution in [3.8, 4) is 5.75 Å². The molecule has 0 saturated carbocycles. The van der Waals surface area contributed by atoms with Gasteiger partial charge in [-0.15, -0.1) is 0 Å². The van der Waals surface area contributed by atoms with Gasteiger partial charge in [0.05, 0.1) is 20.8 Å². The minimum Gasteiger partial charge on any atom is -0.508 e. The van der Waals surface area contributed by atoms with Gasteiger partial charge in [0.15, 0.2) is 0 Å². The summed E-state index contributed by atoms with van der Waals surface area (Å²) in [6, 6.07) is 8.77. The summed E-state index contributed by atoms with van der Waals surface area (Å²) in [6.45, 7) is 0. The molecule has 0 aromatic heterocycles. The standard InChI is InChI=1S/C13H8Cl3NO2/c14-9-5-11(16)12(6-10(9)15)17-13(19)7-1-3-8(18)4-2-7/h1-6,18H,(H,17,19). The Labute approximate surface area is 124 Å². The summed E-state index contributed by atoms with van der Waals surface area (Å²) in [4.78, 5) is 11.9. The van der Waals surface area contributed by atoms with Crippen LogP contribution >= 0.6 is 34.8 Å². The Hall–Kier alpha value is -1.42. The zero-order valence-electron chi connectivity index (χ0n) is 9.45. The predicted octanol–water partition coefficient (Wildman–Crippen LogP) is 4.60. The average Bonchev–Trinajstić information content (AvgIpc) is 2.36. The van der Waals surface area contributed by atoms with E-state index in [2.05, 4.69) is 5.32 Å². The molecule has 2 aromatic rings. The Morgan fingerprint density at radius 2 is 1.53 bits per heavy atom. The number of rotatable bonds is 2. The van der Waals surface area contributed by atoms with Gasteiger partial charge in [-0.05, 0) is 36.4 Å². The first-order valence-electron chi connectivity index (χ1n) is 5.22. The SMILES string of the molecule is O=C(Nc1cc(Cl)c(Cl)cc1Cl)c1ccc(O)cc1. The quantitative estimate of drug-likeness (QED) is 0.795. The molecular weight excluding hydrogens is 309 g/mol. The second-order valence-electron chi connectivity index (χ2n) is 3.75. The molecule has 6 heteroatoms. The number of hydrogen-bond donors (Lipinski definition) is 2. The van der Waals surface area contributed by atoms with E-state index in [4.69, 9.17) is 39.9 Å². The summed E-state index contributed by atoms with van der Waals surface area (Å²) in [5.41, 5.74) is 0.758. The highest BCUT2D eigenvalue weighted by atomic mass is 35.5. The molecule has 0 fully saturated rings. The van der Waals surface area contributed by atoms with Crippen LogP contribution in [0.15, 0.2) is 36.4 Å². The van der Waals surface area contributed by atoms with E-state index >= 15 is 0 Å². The molecule has 19 heavy (non-hydrogen) atoms. The molecule has 0 aliphatic carbocycles. The van der Waals surface area contributed by atoms with Gasteiger partial charge in [0, 0.05) is 5.56 Å². The van der Waals surface area contributed by atoms with Gasteiger partial charge in [-0.2, -0.15) is 0 Å². The van der Waals surface area contributed by atoms with Crippen molar-refractivity contribution >= 4 is 46.4 Å². The number of carbonyl (C=O) groups excluding carboxylic acids is 1. The predicted molar refractivity (Wildman–Crippen MR) is 77.5 cm³/mol. The van der Waals surface area contributed by atoms with Crippen LogP contribution in [0.3, 0.4) is 0 Å². The third kappa shape index (κ3) is 3.32. The topological polar surface area (TPSA) is 49.3 Å². The Bertz CT molecular complexity index is 627. The van der Waals surface area contributed by atoms with Gasteiger partial charge in [-0.1, -0.05) is 34.8 Å². The molecule has 0 aliphatic rings. The molecule has 0 heterocycles. The largest absolute Gasteiger partial charge is 0.508 e. The first kappa shape index (κ1) is 14.0. The van der Waals surface area contributed by atoms with E-state index in [-0.39, 0.29) is 11.7 Å². The van der Waals surface area contributed by atoms with Crippen LogP contribution in [0.4, 0.5) is 5.69 Å². The zero-order valence-corrected chi connectivity index (χ0v) is 11.7. The molecule has 2 N–H and O–H groups in total. The number of amides is 1. The van der Waals surface area contributed by atoms with E-state index < -0.39 is 0 Å². The van der Waals surface area contributed by atoms with E-state index in [0.29, 0.717) is 26.3 Å². The van der Waals surface area contributed by atoms with Crippen molar-refractivity contribution in [1.29, 1.82) is 0 Å². The lowest BCUT2D eigenvalue weighted by Crippen LogP contribution is -2.12. The number of hydrogen-bond acceptors (Lipinski definition) is 2. The first-order chi connectivity index (χ1) is 8.97. The second kappa shape index (κ2) is 5.70. The Kier molecular flexibility index (Phi) is 4.20. The first-order valence-corrected chi connectivity index (χ1v) is 6.35. The average molecular weight is 317 g/mol. The van der Waals surface area contributed by atoms with Crippen LogP contribution in [0, 0.1) is 0 Å². The van der Waals surface area contributed by atoms with Gasteiger partial charge in [0.1, 0.15) is 5.75 Å². The molecule has 2 aromatic carbocycles. The molecule has 98 valence electrons. The third-order valence-corrected chi connectivity index (χ3v) is 3.42. The molecule has 0 bridgehead atoms. The fourth-order valence-corrected chi connectivity index (χ4v) is 2.02. The second-order valence-corrected chi connectivity index (χ2v) is 4.97. The van der Waals surface area contributed by atoms with Crippen molar-refractivity contribution in [2.75, 3.05) is 5.32 Å². The molecule has 0 atom stereocenters. The maximum absolute atomic E-state index is 11.9. The highest BCUT2D eigenvalue weighted by Crippen LogP contribution is 2.32. The molecule has 3 nitrogen and oxygen atoms in total. The lowest BCUT2D eigenvalue weighted by atomic mass is 10.2. The van der Waals surface area contributed by atoms with Crippen LogP contribution in [0.25, 0.3) is 0 Å². The fraction of sp³-hybridized carbons (Fsp3) is 0. The number of benzene rings is 2. The number of halogens is 3. The summed E-state index contributed by atoms with van der Waals surface area (Å²) in [7, 11) is 0. The molecule has 1 amide bonds. The van der Waals surface area contributed by atoms with E-state index in [0.717, 1.165) is 0 Å². The molecule has 0 unspecified atom stereocenters. The Morgan fingerprint density at radius 1 is 0.947 bits per heavy atom. The van der Waals surface area contributed by atoms with E-state index in [1.54, 1.807) is 0 Å². The summed E-state index contributed by atoms with van der Waals surface area (Å²) in [5, 5.41) is 12.7. The Balaban J connectivity index is 2.24. The van der Waals surface area contributed by atoms with Gasteiger partial charge in [-0.25, -0.2) is 0 Å². The minimum absolute atomic E-state index is 0.0871. The molecular formula is C13H8Cl3NO2. The number of aromatic hydroxyl groups is 1. The van der Waals surface area contributed by atoms with Gasteiger partial charge >= 0.3 is 0 Å². The van der Waals surface area contributed by atoms with E-state index in [1.165, 1.54) is 36.4 Å².